The Hall–Kier alpha value is -3.71. The zero-order valence-electron chi connectivity index (χ0n) is 19.9. The molecule has 7 nitrogen and oxygen atoms in total. The zero-order chi connectivity index (χ0) is 24.2. The summed E-state index contributed by atoms with van der Waals surface area (Å²) in [6.07, 6.45) is 6.75. The fourth-order valence-corrected chi connectivity index (χ4v) is 4.56. The molecule has 3 aromatic heterocycles. The van der Waals surface area contributed by atoms with Gasteiger partial charge in [0.1, 0.15) is 11.5 Å². The molecule has 1 amide bonds. The molecule has 180 valence electrons. The quantitative estimate of drug-likeness (QED) is 0.426. The number of nitrogens with zero attached hydrogens (tertiary/aromatic N) is 3. The molecule has 3 N–H and O–H groups in total. The molecule has 0 radical (unpaired) electrons. The molecule has 4 aromatic rings. The highest BCUT2D eigenvalue weighted by molar-refractivity contribution is 6.05. The molecule has 1 saturated heterocycles. The van der Waals surface area contributed by atoms with Crippen LogP contribution in [0.1, 0.15) is 48.4 Å². The van der Waals surface area contributed by atoms with Crippen LogP contribution in [-0.2, 0) is 0 Å². The molecule has 1 aliphatic carbocycles. The van der Waals surface area contributed by atoms with E-state index in [1.807, 2.05) is 54.6 Å². The number of piperidine rings is 1. The Morgan fingerprint density at radius 2 is 1.83 bits per heavy atom. The van der Waals surface area contributed by atoms with Gasteiger partial charge in [0.15, 0.2) is 0 Å². The van der Waals surface area contributed by atoms with Gasteiger partial charge in [-0.25, -0.2) is 4.98 Å². The van der Waals surface area contributed by atoms with E-state index in [0.29, 0.717) is 28.9 Å². The molecule has 2 aliphatic rings. The second kappa shape index (κ2) is 10.3. The first-order chi connectivity index (χ1) is 17.1. The minimum absolute atomic E-state index is 0.124. The summed E-state index contributed by atoms with van der Waals surface area (Å²) in [7, 11) is 0. The average Bonchev–Trinajstić information content (AvgIpc) is 3.63. The largest absolute Gasteiger partial charge is 0.442 e. The van der Waals surface area contributed by atoms with Crippen molar-refractivity contribution in [3.8, 4) is 0 Å². The van der Waals surface area contributed by atoms with Crippen molar-refractivity contribution in [3.05, 3.63) is 84.5 Å². The van der Waals surface area contributed by atoms with Crippen molar-refractivity contribution in [1.82, 2.24) is 9.97 Å². The molecular formula is C28H31N5O2. The topological polar surface area (TPSA) is 97.3 Å². The number of nitrogens with one attached hydrogen (secondary N) is 1. The van der Waals surface area contributed by atoms with Crippen LogP contribution in [0, 0.1) is 5.92 Å². The highest BCUT2D eigenvalue weighted by atomic mass is 16.3. The van der Waals surface area contributed by atoms with Crippen LogP contribution in [0.4, 0.5) is 11.4 Å². The smallest absolute Gasteiger partial charge is 0.274 e. The van der Waals surface area contributed by atoms with Crippen molar-refractivity contribution >= 4 is 28.4 Å². The number of carbonyl (C=O) groups excluding carboxylic acids is 1. The highest BCUT2D eigenvalue weighted by Crippen LogP contribution is 2.42. The van der Waals surface area contributed by atoms with Crippen molar-refractivity contribution < 1.29 is 9.21 Å². The van der Waals surface area contributed by atoms with Gasteiger partial charge in [0.2, 0.25) is 5.71 Å². The lowest BCUT2D eigenvalue weighted by Gasteiger charge is -2.37. The van der Waals surface area contributed by atoms with Crippen LogP contribution in [0.15, 0.2) is 77.5 Å². The lowest BCUT2D eigenvalue weighted by Crippen LogP contribution is -2.46. The van der Waals surface area contributed by atoms with E-state index in [-0.39, 0.29) is 11.9 Å². The van der Waals surface area contributed by atoms with E-state index in [1.54, 1.807) is 18.5 Å². The molecule has 7 heteroatoms. The van der Waals surface area contributed by atoms with Gasteiger partial charge in [0.05, 0.1) is 17.6 Å². The minimum Gasteiger partial charge on any atom is -0.442 e. The van der Waals surface area contributed by atoms with Crippen molar-refractivity contribution in [2.45, 2.75) is 38.1 Å². The van der Waals surface area contributed by atoms with Crippen LogP contribution >= 0.6 is 0 Å². The van der Waals surface area contributed by atoms with Crippen LogP contribution in [0.2, 0.25) is 0 Å². The third-order valence-electron chi connectivity index (χ3n) is 6.36. The first-order valence-electron chi connectivity index (χ1n) is 12.2. The molecule has 1 saturated carbocycles. The van der Waals surface area contributed by atoms with Crippen LogP contribution in [0.3, 0.4) is 0 Å². The van der Waals surface area contributed by atoms with Gasteiger partial charge >= 0.3 is 0 Å². The van der Waals surface area contributed by atoms with Gasteiger partial charge in [-0.05, 0) is 49.4 Å². The van der Waals surface area contributed by atoms with Gasteiger partial charge in [-0.3, -0.25) is 9.78 Å². The number of aromatic nitrogens is 2. The molecule has 6 rings (SSSR count). The number of rotatable bonds is 4. The number of furan rings is 1. The van der Waals surface area contributed by atoms with Crippen LogP contribution < -0.4 is 16.0 Å². The van der Waals surface area contributed by atoms with Gasteiger partial charge in [0.25, 0.3) is 5.91 Å². The number of hydrogen-bond donors (Lipinski definition) is 2. The van der Waals surface area contributed by atoms with Gasteiger partial charge in [-0.1, -0.05) is 43.3 Å². The Labute approximate surface area is 205 Å². The molecule has 1 aliphatic heterocycles. The lowest BCUT2D eigenvalue weighted by molar-refractivity contribution is 0.102. The van der Waals surface area contributed by atoms with Crippen molar-refractivity contribution in [2.24, 2.45) is 11.7 Å². The Kier molecular flexibility index (Phi) is 6.77. The van der Waals surface area contributed by atoms with E-state index >= 15 is 0 Å². The highest BCUT2D eigenvalue weighted by Gasteiger charge is 2.28. The SMILES string of the molecule is CC1CC(N)CN(c2ccncc2NC(=O)c2ccc3cc(C4CC4)oc3n2)C1.c1ccccc1. The molecule has 1 aromatic carbocycles. The molecule has 0 spiro atoms. The van der Waals surface area contributed by atoms with E-state index < -0.39 is 0 Å². The minimum atomic E-state index is -0.278. The first-order valence-corrected chi connectivity index (χ1v) is 12.2. The van der Waals surface area contributed by atoms with Crippen LogP contribution in [-0.4, -0.2) is 35.0 Å². The monoisotopic (exact) mass is 469 g/mol. The number of nitrogens with two attached hydrogens (primary N) is 1. The Morgan fingerprint density at radius 1 is 1.09 bits per heavy atom. The number of pyridine rings is 2. The Balaban J connectivity index is 0.000000371. The zero-order valence-corrected chi connectivity index (χ0v) is 19.9. The molecule has 0 bridgehead atoms. The number of fused-ring (bicyclic) bond motifs is 1. The van der Waals surface area contributed by atoms with Crippen LogP contribution in [0.25, 0.3) is 11.1 Å². The number of hydrogen-bond acceptors (Lipinski definition) is 6. The first kappa shape index (κ1) is 23.1. The molecule has 2 fully saturated rings. The van der Waals surface area contributed by atoms with Crippen LogP contribution in [0.5, 0.6) is 0 Å². The van der Waals surface area contributed by atoms with Crippen molar-refractivity contribution in [2.75, 3.05) is 23.3 Å². The van der Waals surface area contributed by atoms with Gasteiger partial charge < -0.3 is 20.4 Å². The second-order valence-corrected chi connectivity index (χ2v) is 9.52. The summed E-state index contributed by atoms with van der Waals surface area (Å²) in [6.45, 7) is 3.86. The molecule has 2 atom stereocenters. The standard InChI is InChI=1S/C22H25N5O2.C6H6/c1-13-8-16(23)12-27(11-13)19-6-7-24-10-18(19)25-21(28)17-5-4-15-9-20(14-2-3-14)29-22(15)26-17;1-2-4-6-5-3-1/h4-7,9-10,13-14,16H,2-3,8,11-12,23H2,1H3,(H,25,28);1-6H. The predicted molar refractivity (Wildman–Crippen MR) is 139 cm³/mol. The average molecular weight is 470 g/mol. The predicted octanol–water partition coefficient (Wildman–Crippen LogP) is 5.21. The fourth-order valence-electron chi connectivity index (χ4n) is 4.56. The third kappa shape index (κ3) is 5.69. The fraction of sp³-hybridized carbons (Fsp3) is 0.321. The summed E-state index contributed by atoms with van der Waals surface area (Å²) < 4.78 is 5.85. The van der Waals surface area contributed by atoms with Gasteiger partial charge in [-0.15, -0.1) is 0 Å². The molecular weight excluding hydrogens is 438 g/mol. The van der Waals surface area contributed by atoms with E-state index in [4.69, 9.17) is 10.2 Å². The summed E-state index contributed by atoms with van der Waals surface area (Å²) in [5.74, 6) is 1.70. The second-order valence-electron chi connectivity index (χ2n) is 9.52. The maximum absolute atomic E-state index is 12.9. The van der Waals surface area contributed by atoms with Crippen molar-refractivity contribution in [3.63, 3.8) is 0 Å². The molecule has 35 heavy (non-hydrogen) atoms. The summed E-state index contributed by atoms with van der Waals surface area (Å²) in [5.41, 5.74) is 8.65. The number of benzene rings is 1. The Morgan fingerprint density at radius 3 is 2.51 bits per heavy atom. The molecule has 2 unspecified atom stereocenters. The summed E-state index contributed by atoms with van der Waals surface area (Å²) in [4.78, 5) is 23.7. The summed E-state index contributed by atoms with van der Waals surface area (Å²) in [6, 6.07) is 19.7. The normalized spacial score (nSPS) is 19.7. The number of anilines is 2. The number of amides is 1. The van der Waals surface area contributed by atoms with E-state index in [0.717, 1.165) is 49.2 Å². The Bertz CT molecular complexity index is 1250. The van der Waals surface area contributed by atoms with E-state index in [9.17, 15) is 4.79 Å². The van der Waals surface area contributed by atoms with E-state index in [2.05, 4.69) is 27.1 Å². The van der Waals surface area contributed by atoms with E-state index in [1.165, 1.54) is 0 Å². The third-order valence-corrected chi connectivity index (χ3v) is 6.36. The maximum atomic E-state index is 12.9. The number of carbonyl (C=O) groups is 1. The maximum Gasteiger partial charge on any atom is 0.274 e. The van der Waals surface area contributed by atoms with Gasteiger partial charge in [0, 0.05) is 36.6 Å². The summed E-state index contributed by atoms with van der Waals surface area (Å²) >= 11 is 0. The molecule has 4 heterocycles. The summed E-state index contributed by atoms with van der Waals surface area (Å²) in [5, 5.41) is 3.90. The lowest BCUT2D eigenvalue weighted by atomic mass is 9.96. The van der Waals surface area contributed by atoms with Crippen molar-refractivity contribution in [1.29, 1.82) is 0 Å². The van der Waals surface area contributed by atoms with Gasteiger partial charge in [-0.2, -0.15) is 0 Å².